The maximum absolute atomic E-state index is 5.13. The fourth-order valence-corrected chi connectivity index (χ4v) is 0.387. The summed E-state index contributed by atoms with van der Waals surface area (Å²) >= 11 is 1.40. The fourth-order valence-electron chi connectivity index (χ4n) is 0.129. The zero-order chi connectivity index (χ0) is 4.12. The van der Waals surface area contributed by atoms with Crippen molar-refractivity contribution in [1.82, 2.24) is 0 Å². The van der Waals surface area contributed by atoms with Crippen LogP contribution in [0.15, 0.2) is 0 Å². The number of rotatable bonds is 2. The number of hydrogen-bond donors (Lipinski definition) is 1. The Hall–Kier alpha value is 0.816. The van der Waals surface area contributed by atoms with E-state index in [2.05, 4.69) is 6.26 Å². The molecule has 0 spiro atoms. The minimum Gasteiger partial charge on any atom is -0.326 e. The van der Waals surface area contributed by atoms with E-state index >= 15 is 0 Å². The van der Waals surface area contributed by atoms with E-state index < -0.39 is 0 Å². The van der Waals surface area contributed by atoms with Gasteiger partial charge in [0.25, 0.3) is 0 Å². The van der Waals surface area contributed by atoms with E-state index in [1.807, 2.05) is 0 Å². The second-order valence-electron chi connectivity index (χ2n) is 0.829. The van der Waals surface area contributed by atoms with Crippen LogP contribution in [0.5, 0.6) is 0 Å². The van der Waals surface area contributed by atoms with Crippen LogP contribution in [0.1, 0.15) is 0 Å². The van der Waals surface area contributed by atoms with Crippen LogP contribution >= 0.6 is 0 Å². The Morgan fingerprint density at radius 2 is 2.17 bits per heavy atom. The maximum Gasteiger partial charge on any atom is 0.117 e. The summed E-state index contributed by atoms with van der Waals surface area (Å²) in [4.78, 5) is 0. The fraction of sp³-hybridized carbons (Fsp3) is 1.00. The van der Waals surface area contributed by atoms with Crippen molar-refractivity contribution in [3.05, 3.63) is 0 Å². The van der Waals surface area contributed by atoms with E-state index in [4.69, 9.17) is 5.73 Å². The first-order chi connectivity index (χ1) is 2.41. The van der Waals surface area contributed by atoms with Crippen molar-refractivity contribution in [3.63, 3.8) is 0 Å². The molecule has 0 aromatic rings. The van der Waals surface area contributed by atoms with Crippen molar-refractivity contribution in [2.75, 3.05) is 18.6 Å². The van der Waals surface area contributed by atoms with Gasteiger partial charge in [0.05, 0.1) is 6.26 Å². The molecule has 0 atom stereocenters. The summed E-state index contributed by atoms with van der Waals surface area (Å²) in [6.07, 6.45) is 2.10. The van der Waals surface area contributed by atoms with Gasteiger partial charge >= 0.3 is 0 Å². The molecule has 0 saturated heterocycles. The van der Waals surface area contributed by atoms with Crippen LogP contribution in [0.3, 0.4) is 0 Å². The molecule has 0 aliphatic rings. The van der Waals surface area contributed by atoms with Gasteiger partial charge < -0.3 is 5.73 Å². The summed E-state index contributed by atoms with van der Waals surface area (Å²) in [5.41, 5.74) is 5.13. The Kier molecular flexibility index (Phi) is 15.3. The number of thiol groups is 1. The quantitative estimate of drug-likeness (QED) is 0.413. The Morgan fingerprint density at radius 1 is 1.67 bits per heavy atom. The molecule has 0 bridgehead atoms. The summed E-state index contributed by atoms with van der Waals surface area (Å²) in [5, 5.41) is 0. The molecule has 1 nitrogen and oxygen atoms in total. The largest absolute Gasteiger partial charge is 0.326 e. The molecule has 0 aromatic heterocycles. The van der Waals surface area contributed by atoms with Crippen LogP contribution in [0.2, 0.25) is 0 Å². The Balaban J connectivity index is 0. The standard InChI is InChI=1S/C3H9NS.Co/c1-5-3-2-4;/h2-4H2,1H3;/p+1. The van der Waals surface area contributed by atoms with Crippen LogP contribution in [-0.4, -0.2) is 18.6 Å². The first-order valence-electron chi connectivity index (χ1n) is 1.67. The van der Waals surface area contributed by atoms with Crippen LogP contribution in [-0.2, 0) is 28.5 Å². The maximum atomic E-state index is 5.13. The predicted molar refractivity (Wildman–Crippen MR) is 28.6 cm³/mol. The third-order valence-electron chi connectivity index (χ3n) is 0.353. The van der Waals surface area contributed by atoms with Gasteiger partial charge in [-0.1, -0.05) is 0 Å². The number of hydrogen-bond acceptors (Lipinski definition) is 1. The van der Waals surface area contributed by atoms with Gasteiger partial charge in [-0.2, -0.15) is 0 Å². The third kappa shape index (κ3) is 8.84. The van der Waals surface area contributed by atoms with Crippen LogP contribution < -0.4 is 5.73 Å². The number of nitrogens with two attached hydrogens (primary N) is 1. The predicted octanol–water partition coefficient (Wildman–Crippen LogP) is -0.613. The van der Waals surface area contributed by atoms with Crippen molar-refractivity contribution in [2.24, 2.45) is 5.73 Å². The van der Waals surface area contributed by atoms with Gasteiger partial charge in [-0.05, 0) is 11.8 Å². The Bertz CT molecular complexity index is 18.3. The van der Waals surface area contributed by atoms with Crippen molar-refractivity contribution < 1.29 is 16.8 Å². The molecule has 0 rings (SSSR count). The summed E-state index contributed by atoms with van der Waals surface area (Å²) < 4.78 is 0. The molecule has 0 aliphatic heterocycles. The molecule has 3 heteroatoms. The van der Waals surface area contributed by atoms with E-state index in [9.17, 15) is 0 Å². The van der Waals surface area contributed by atoms with Crippen molar-refractivity contribution in [2.45, 2.75) is 0 Å². The molecular weight excluding hydrogens is 141 g/mol. The molecule has 41 valence electrons. The molecule has 1 radical (unpaired) electrons. The molecule has 0 saturated carbocycles. The van der Waals surface area contributed by atoms with E-state index in [-0.39, 0.29) is 16.8 Å². The van der Waals surface area contributed by atoms with Gasteiger partial charge in [-0.3, -0.25) is 0 Å². The van der Waals surface area contributed by atoms with E-state index in [1.165, 1.54) is 11.8 Å². The smallest absolute Gasteiger partial charge is 0.117 e. The van der Waals surface area contributed by atoms with Crippen LogP contribution in [0.25, 0.3) is 0 Å². The summed E-state index contributed by atoms with van der Waals surface area (Å²) in [6.45, 7) is 0.831. The van der Waals surface area contributed by atoms with Crippen LogP contribution in [0.4, 0.5) is 0 Å². The van der Waals surface area contributed by atoms with E-state index in [0.29, 0.717) is 0 Å². The zero-order valence-electron chi connectivity index (χ0n) is 3.77. The summed E-state index contributed by atoms with van der Waals surface area (Å²) in [6, 6.07) is 0. The topological polar surface area (TPSA) is 26.0 Å². The van der Waals surface area contributed by atoms with E-state index in [0.717, 1.165) is 12.3 Å². The minimum atomic E-state index is 0. The summed E-state index contributed by atoms with van der Waals surface area (Å²) in [5.74, 6) is 1.14. The molecule has 0 unspecified atom stereocenters. The van der Waals surface area contributed by atoms with Gasteiger partial charge in [-0.15, -0.1) is 0 Å². The molecule has 0 aromatic carbocycles. The third-order valence-corrected chi connectivity index (χ3v) is 1.06. The minimum absolute atomic E-state index is 0. The summed E-state index contributed by atoms with van der Waals surface area (Å²) in [7, 11) is 0. The van der Waals surface area contributed by atoms with E-state index in [1.54, 1.807) is 0 Å². The Labute approximate surface area is 53.3 Å². The van der Waals surface area contributed by atoms with Gasteiger partial charge in [0, 0.05) is 23.3 Å². The second-order valence-corrected chi connectivity index (χ2v) is 1.91. The van der Waals surface area contributed by atoms with Gasteiger partial charge in [0.15, 0.2) is 0 Å². The molecule has 6 heavy (non-hydrogen) atoms. The second kappa shape index (κ2) is 9.26. The first kappa shape index (κ1) is 9.94. The molecule has 0 fully saturated rings. The van der Waals surface area contributed by atoms with Crippen molar-refractivity contribution >= 4 is 11.8 Å². The average Bonchev–Trinajstić information content (AvgIpc) is 1.41. The van der Waals surface area contributed by atoms with Crippen molar-refractivity contribution in [1.29, 1.82) is 0 Å². The Morgan fingerprint density at radius 3 is 2.17 bits per heavy atom. The molecule has 0 amide bonds. The van der Waals surface area contributed by atoms with Gasteiger partial charge in [0.1, 0.15) is 5.75 Å². The van der Waals surface area contributed by atoms with Gasteiger partial charge in [0.2, 0.25) is 0 Å². The SMILES string of the molecule is C[SH+]CCN.[Co]. The molecule has 0 heterocycles. The molecule has 2 N–H and O–H groups in total. The normalized spacial score (nSPS) is 7.00. The van der Waals surface area contributed by atoms with Gasteiger partial charge in [-0.25, -0.2) is 0 Å². The monoisotopic (exact) mass is 151 g/mol. The zero-order valence-corrected chi connectivity index (χ0v) is 5.71. The van der Waals surface area contributed by atoms with Crippen LogP contribution in [0, 0.1) is 0 Å². The molecule has 0 aliphatic carbocycles. The average molecular weight is 151 g/mol. The molecular formula is C3H10CoNS+. The van der Waals surface area contributed by atoms with Crippen molar-refractivity contribution in [3.8, 4) is 0 Å². The first-order valence-corrected chi connectivity index (χ1v) is 3.20.